The van der Waals surface area contributed by atoms with Crippen LogP contribution >= 0.6 is 11.6 Å². The highest BCUT2D eigenvalue weighted by molar-refractivity contribution is 6.29. The van der Waals surface area contributed by atoms with Gasteiger partial charge in [-0.05, 0) is 19.8 Å². The van der Waals surface area contributed by atoms with Crippen LogP contribution in [-0.4, -0.2) is 30.1 Å². The van der Waals surface area contributed by atoms with Crippen molar-refractivity contribution in [2.75, 3.05) is 13.1 Å². The zero-order valence-electron chi connectivity index (χ0n) is 7.85. The lowest BCUT2D eigenvalue weighted by Gasteiger charge is -2.21. The second-order valence-electron chi connectivity index (χ2n) is 3.36. The first-order valence-electron chi connectivity index (χ1n) is 4.49. The summed E-state index contributed by atoms with van der Waals surface area (Å²) < 4.78 is 0. The van der Waals surface area contributed by atoms with E-state index < -0.39 is 0 Å². The first-order valence-corrected chi connectivity index (χ1v) is 4.87. The number of amides is 2. The van der Waals surface area contributed by atoms with Crippen molar-refractivity contribution in [2.45, 2.75) is 25.8 Å². The lowest BCUT2D eigenvalue weighted by atomic mass is 10.2. The van der Waals surface area contributed by atoms with Gasteiger partial charge in [0.15, 0.2) is 0 Å². The Balaban J connectivity index is 2.34. The minimum absolute atomic E-state index is 0.0354. The van der Waals surface area contributed by atoms with Gasteiger partial charge in [-0.2, -0.15) is 0 Å². The van der Waals surface area contributed by atoms with E-state index in [1.54, 1.807) is 0 Å². The van der Waals surface area contributed by atoms with Crippen LogP contribution < -0.4 is 5.32 Å². The summed E-state index contributed by atoms with van der Waals surface area (Å²) in [7, 11) is 0. The van der Waals surface area contributed by atoms with Crippen molar-refractivity contribution < 1.29 is 4.79 Å². The van der Waals surface area contributed by atoms with Crippen LogP contribution in [0.15, 0.2) is 11.6 Å². The standard InChI is InChI=1S/C9H15ClN2O/c1-7(10)6-11-9(13)12-5-3-4-8(12)2/h8H,1,3-6H2,2H3,(H,11,13). The van der Waals surface area contributed by atoms with Gasteiger partial charge in [-0.3, -0.25) is 0 Å². The molecule has 1 saturated heterocycles. The van der Waals surface area contributed by atoms with Gasteiger partial charge < -0.3 is 10.2 Å². The fourth-order valence-corrected chi connectivity index (χ4v) is 1.57. The monoisotopic (exact) mass is 202 g/mol. The van der Waals surface area contributed by atoms with E-state index in [1.807, 2.05) is 4.90 Å². The first kappa shape index (κ1) is 10.4. The SMILES string of the molecule is C=C(Cl)CNC(=O)N1CCCC1C. The van der Waals surface area contributed by atoms with Crippen molar-refractivity contribution in [2.24, 2.45) is 0 Å². The van der Waals surface area contributed by atoms with E-state index in [2.05, 4.69) is 18.8 Å². The van der Waals surface area contributed by atoms with Crippen molar-refractivity contribution >= 4 is 17.6 Å². The molecule has 1 atom stereocenters. The number of likely N-dealkylation sites (tertiary alicyclic amines) is 1. The number of nitrogens with one attached hydrogen (secondary N) is 1. The van der Waals surface area contributed by atoms with E-state index in [1.165, 1.54) is 0 Å². The summed E-state index contributed by atoms with van der Waals surface area (Å²) in [6.07, 6.45) is 2.19. The Kier molecular flexibility index (Phi) is 3.60. The number of carbonyl (C=O) groups is 1. The fourth-order valence-electron chi connectivity index (χ4n) is 1.51. The lowest BCUT2D eigenvalue weighted by Crippen LogP contribution is -2.42. The third-order valence-corrected chi connectivity index (χ3v) is 2.38. The average molecular weight is 203 g/mol. The van der Waals surface area contributed by atoms with Gasteiger partial charge in [0.2, 0.25) is 0 Å². The summed E-state index contributed by atoms with van der Waals surface area (Å²) in [5.41, 5.74) is 0. The van der Waals surface area contributed by atoms with E-state index in [9.17, 15) is 4.79 Å². The molecule has 3 nitrogen and oxygen atoms in total. The van der Waals surface area contributed by atoms with Gasteiger partial charge in [0, 0.05) is 17.6 Å². The van der Waals surface area contributed by atoms with Gasteiger partial charge in [-0.25, -0.2) is 4.79 Å². The molecule has 1 aliphatic heterocycles. The van der Waals surface area contributed by atoms with Crippen molar-refractivity contribution in [3.63, 3.8) is 0 Å². The van der Waals surface area contributed by atoms with Crippen LogP contribution in [0.4, 0.5) is 4.79 Å². The van der Waals surface area contributed by atoms with Crippen molar-refractivity contribution in [1.29, 1.82) is 0 Å². The van der Waals surface area contributed by atoms with Crippen molar-refractivity contribution in [3.05, 3.63) is 11.6 Å². The Bertz CT molecular complexity index is 218. The second-order valence-corrected chi connectivity index (χ2v) is 3.90. The van der Waals surface area contributed by atoms with E-state index in [-0.39, 0.29) is 6.03 Å². The highest BCUT2D eigenvalue weighted by Gasteiger charge is 2.24. The van der Waals surface area contributed by atoms with Crippen LogP contribution in [0, 0.1) is 0 Å². The molecule has 0 spiro atoms. The maximum Gasteiger partial charge on any atom is 0.317 e. The molecule has 1 aliphatic rings. The summed E-state index contributed by atoms with van der Waals surface area (Å²) in [5, 5.41) is 3.17. The van der Waals surface area contributed by atoms with Crippen LogP contribution in [0.5, 0.6) is 0 Å². The molecule has 4 heteroatoms. The van der Waals surface area contributed by atoms with Crippen LogP contribution in [0.2, 0.25) is 0 Å². The van der Waals surface area contributed by atoms with Gasteiger partial charge in [0.25, 0.3) is 0 Å². The average Bonchev–Trinajstić information content (AvgIpc) is 2.47. The predicted octanol–water partition coefficient (Wildman–Crippen LogP) is 1.93. The molecule has 0 aromatic heterocycles. The number of rotatable bonds is 2. The minimum atomic E-state index is -0.0354. The molecule has 1 N–H and O–H groups in total. The van der Waals surface area contributed by atoms with Gasteiger partial charge in [-0.15, -0.1) is 0 Å². The van der Waals surface area contributed by atoms with E-state index in [0.717, 1.165) is 19.4 Å². The molecule has 0 bridgehead atoms. The number of urea groups is 1. The summed E-state index contributed by atoms with van der Waals surface area (Å²) in [4.78, 5) is 13.3. The van der Waals surface area contributed by atoms with Gasteiger partial charge in [0.1, 0.15) is 0 Å². The lowest BCUT2D eigenvalue weighted by molar-refractivity contribution is 0.197. The highest BCUT2D eigenvalue weighted by Crippen LogP contribution is 2.15. The Hall–Kier alpha value is -0.700. The third-order valence-electron chi connectivity index (χ3n) is 2.25. The van der Waals surface area contributed by atoms with Crippen LogP contribution in [0.3, 0.4) is 0 Å². The van der Waals surface area contributed by atoms with Crippen molar-refractivity contribution in [3.8, 4) is 0 Å². The number of hydrogen-bond acceptors (Lipinski definition) is 1. The topological polar surface area (TPSA) is 32.3 Å². The van der Waals surface area contributed by atoms with Gasteiger partial charge in [-0.1, -0.05) is 18.2 Å². The highest BCUT2D eigenvalue weighted by atomic mass is 35.5. The summed E-state index contributed by atoms with van der Waals surface area (Å²) in [6, 6.07) is 0.315. The van der Waals surface area contributed by atoms with Crippen LogP contribution in [-0.2, 0) is 0 Å². The quantitative estimate of drug-likeness (QED) is 0.729. The number of halogens is 1. The molecule has 1 unspecified atom stereocenters. The summed E-state index contributed by atoms with van der Waals surface area (Å²) in [6.45, 7) is 6.76. The minimum Gasteiger partial charge on any atom is -0.333 e. The molecule has 0 aromatic rings. The molecule has 0 aliphatic carbocycles. The Morgan fingerprint density at radius 3 is 2.92 bits per heavy atom. The molecule has 74 valence electrons. The largest absolute Gasteiger partial charge is 0.333 e. The van der Waals surface area contributed by atoms with Gasteiger partial charge >= 0.3 is 6.03 Å². The Labute approximate surface area is 83.7 Å². The Morgan fingerprint density at radius 1 is 1.77 bits per heavy atom. The summed E-state index contributed by atoms with van der Waals surface area (Å²) >= 11 is 5.54. The Morgan fingerprint density at radius 2 is 2.46 bits per heavy atom. The maximum absolute atomic E-state index is 11.5. The molecule has 0 aromatic carbocycles. The molecular formula is C9H15ClN2O. The fraction of sp³-hybridized carbons (Fsp3) is 0.667. The number of nitrogens with zero attached hydrogens (tertiary/aromatic N) is 1. The molecule has 13 heavy (non-hydrogen) atoms. The smallest absolute Gasteiger partial charge is 0.317 e. The molecule has 1 fully saturated rings. The molecule has 1 rings (SSSR count). The van der Waals surface area contributed by atoms with E-state index in [4.69, 9.17) is 11.6 Å². The van der Waals surface area contributed by atoms with Crippen LogP contribution in [0.1, 0.15) is 19.8 Å². The van der Waals surface area contributed by atoms with Crippen LogP contribution in [0.25, 0.3) is 0 Å². The number of carbonyl (C=O) groups excluding carboxylic acids is 1. The van der Waals surface area contributed by atoms with E-state index in [0.29, 0.717) is 17.6 Å². The second kappa shape index (κ2) is 4.51. The summed E-state index contributed by atoms with van der Waals surface area (Å²) in [5.74, 6) is 0. The maximum atomic E-state index is 11.5. The van der Waals surface area contributed by atoms with Gasteiger partial charge in [0.05, 0.1) is 6.54 Å². The molecule has 0 saturated carbocycles. The van der Waals surface area contributed by atoms with E-state index >= 15 is 0 Å². The zero-order valence-corrected chi connectivity index (χ0v) is 8.60. The zero-order chi connectivity index (χ0) is 9.84. The molecule has 0 radical (unpaired) electrons. The number of hydrogen-bond donors (Lipinski definition) is 1. The molecular weight excluding hydrogens is 188 g/mol. The molecule has 1 heterocycles. The van der Waals surface area contributed by atoms with Crippen molar-refractivity contribution in [1.82, 2.24) is 10.2 Å². The predicted molar refractivity (Wildman–Crippen MR) is 53.8 cm³/mol. The molecule has 2 amide bonds. The normalized spacial score (nSPS) is 21.7. The first-order chi connectivity index (χ1) is 6.11. The third kappa shape index (κ3) is 2.92.